The Morgan fingerprint density at radius 1 is 1.55 bits per heavy atom. The van der Waals surface area contributed by atoms with Gasteiger partial charge in [-0.25, -0.2) is 4.98 Å². The van der Waals surface area contributed by atoms with Crippen molar-refractivity contribution in [1.29, 1.82) is 0 Å². The van der Waals surface area contributed by atoms with Crippen LogP contribution in [0.1, 0.15) is 11.3 Å². The largest absolute Gasteiger partial charge is 0.338 e. The third-order valence-electron chi connectivity index (χ3n) is 3.16. The fourth-order valence-corrected chi connectivity index (χ4v) is 3.05. The molecular formula is C15H13ClN4OS. The third-order valence-corrected chi connectivity index (χ3v) is 4.19. The number of amides is 1. The number of likely N-dealkylation sites (N-methyl/N-ethyl adjacent to an activating group) is 1. The number of nitrogens with zero attached hydrogens (tertiary/aromatic N) is 4. The topological polar surface area (TPSA) is 50.5 Å². The highest BCUT2D eigenvalue weighted by atomic mass is 35.5. The summed E-state index contributed by atoms with van der Waals surface area (Å²) in [4.78, 5) is 22.9. The molecule has 112 valence electrons. The Morgan fingerprint density at radius 3 is 3.18 bits per heavy atom. The van der Waals surface area contributed by atoms with Crippen molar-refractivity contribution in [3.8, 4) is 0 Å². The fraction of sp³-hybridized carbons (Fsp3) is 0.133. The molecule has 0 radical (unpaired) electrons. The molecule has 3 aromatic heterocycles. The molecule has 1 amide bonds. The van der Waals surface area contributed by atoms with E-state index in [1.165, 1.54) is 17.4 Å². The zero-order valence-corrected chi connectivity index (χ0v) is 13.4. The highest BCUT2D eigenvalue weighted by Gasteiger charge is 2.10. The Kier molecular flexibility index (Phi) is 4.22. The molecule has 0 N–H and O–H groups in total. The highest BCUT2D eigenvalue weighted by Crippen LogP contribution is 2.22. The smallest absolute Gasteiger partial charge is 0.246 e. The molecule has 7 heteroatoms. The summed E-state index contributed by atoms with van der Waals surface area (Å²) < 4.78 is 1.86. The Hall–Kier alpha value is -2.18. The van der Waals surface area contributed by atoms with Gasteiger partial charge in [0.05, 0.1) is 5.69 Å². The molecule has 22 heavy (non-hydrogen) atoms. The molecule has 3 rings (SSSR count). The first kappa shape index (κ1) is 14.7. The standard InChI is InChI=1S/C15H13ClN4OS/c1-19(10-11-3-2-6-17-9-11)13(21)5-4-12-14(16)18-15-20(12)7-8-22-15/h2-9H,10H2,1H3. The van der Waals surface area contributed by atoms with Crippen LogP contribution in [0.15, 0.2) is 42.2 Å². The number of carbonyl (C=O) groups is 1. The average molecular weight is 333 g/mol. The van der Waals surface area contributed by atoms with Crippen LogP contribution in [0.25, 0.3) is 11.0 Å². The maximum absolute atomic E-state index is 12.2. The summed E-state index contributed by atoms with van der Waals surface area (Å²) in [5.41, 5.74) is 1.69. The van der Waals surface area contributed by atoms with Gasteiger partial charge in [-0.1, -0.05) is 17.7 Å². The average Bonchev–Trinajstić information content (AvgIpc) is 3.06. The van der Waals surface area contributed by atoms with E-state index in [1.807, 2.05) is 28.1 Å². The van der Waals surface area contributed by atoms with Gasteiger partial charge in [0.2, 0.25) is 5.91 Å². The molecule has 0 spiro atoms. The number of carbonyl (C=O) groups excluding carboxylic acids is 1. The van der Waals surface area contributed by atoms with E-state index in [0.29, 0.717) is 17.4 Å². The summed E-state index contributed by atoms with van der Waals surface area (Å²) in [5, 5.41) is 2.32. The second-order valence-electron chi connectivity index (χ2n) is 4.73. The number of hydrogen-bond donors (Lipinski definition) is 0. The van der Waals surface area contributed by atoms with E-state index in [2.05, 4.69) is 9.97 Å². The lowest BCUT2D eigenvalue weighted by atomic mass is 10.2. The Labute approximate surface area is 136 Å². The first-order valence-electron chi connectivity index (χ1n) is 6.58. The zero-order valence-electron chi connectivity index (χ0n) is 11.8. The summed E-state index contributed by atoms with van der Waals surface area (Å²) in [6.07, 6.45) is 8.53. The summed E-state index contributed by atoms with van der Waals surface area (Å²) in [7, 11) is 1.75. The van der Waals surface area contributed by atoms with Crippen molar-refractivity contribution in [3.05, 3.63) is 58.6 Å². The van der Waals surface area contributed by atoms with Gasteiger partial charge in [-0.3, -0.25) is 14.2 Å². The van der Waals surface area contributed by atoms with Crippen molar-refractivity contribution < 1.29 is 4.79 Å². The Morgan fingerprint density at radius 2 is 2.41 bits per heavy atom. The monoisotopic (exact) mass is 332 g/mol. The van der Waals surface area contributed by atoms with Crippen LogP contribution in [-0.2, 0) is 11.3 Å². The quantitative estimate of drug-likeness (QED) is 0.690. The first-order valence-corrected chi connectivity index (χ1v) is 7.84. The van der Waals surface area contributed by atoms with Crippen molar-refractivity contribution >= 4 is 39.9 Å². The van der Waals surface area contributed by atoms with Crippen LogP contribution in [0.2, 0.25) is 5.15 Å². The van der Waals surface area contributed by atoms with Gasteiger partial charge in [-0.15, -0.1) is 11.3 Å². The molecule has 3 heterocycles. The van der Waals surface area contributed by atoms with E-state index in [1.54, 1.807) is 30.4 Å². The predicted octanol–water partition coefficient (Wildman–Crippen LogP) is 3.12. The summed E-state index contributed by atoms with van der Waals surface area (Å²) in [6.45, 7) is 0.505. The van der Waals surface area contributed by atoms with Crippen molar-refractivity contribution in [3.63, 3.8) is 0 Å². The molecule has 3 aromatic rings. The zero-order chi connectivity index (χ0) is 15.5. The number of imidazole rings is 1. The lowest BCUT2D eigenvalue weighted by Gasteiger charge is -2.14. The second kappa shape index (κ2) is 6.29. The van der Waals surface area contributed by atoms with E-state index in [-0.39, 0.29) is 5.91 Å². The number of hydrogen-bond acceptors (Lipinski definition) is 4. The molecule has 0 bridgehead atoms. The van der Waals surface area contributed by atoms with E-state index in [0.717, 1.165) is 10.5 Å². The second-order valence-corrected chi connectivity index (χ2v) is 5.96. The van der Waals surface area contributed by atoms with E-state index in [9.17, 15) is 4.79 Å². The summed E-state index contributed by atoms with van der Waals surface area (Å²) in [5.74, 6) is -0.106. The van der Waals surface area contributed by atoms with Crippen molar-refractivity contribution in [1.82, 2.24) is 19.3 Å². The van der Waals surface area contributed by atoms with Gasteiger partial charge in [0.1, 0.15) is 0 Å². The third kappa shape index (κ3) is 3.03. The minimum atomic E-state index is -0.106. The molecule has 0 unspecified atom stereocenters. The van der Waals surface area contributed by atoms with Crippen LogP contribution in [-0.4, -0.2) is 32.2 Å². The Bertz CT molecular complexity index is 825. The van der Waals surface area contributed by atoms with Crippen LogP contribution >= 0.6 is 22.9 Å². The fourth-order valence-electron chi connectivity index (χ4n) is 2.05. The van der Waals surface area contributed by atoms with Crippen molar-refractivity contribution in [2.75, 3.05) is 7.05 Å². The van der Waals surface area contributed by atoms with E-state index >= 15 is 0 Å². The maximum atomic E-state index is 12.2. The van der Waals surface area contributed by atoms with Gasteiger partial charge < -0.3 is 4.90 Å². The van der Waals surface area contributed by atoms with Crippen molar-refractivity contribution in [2.45, 2.75) is 6.54 Å². The number of fused-ring (bicyclic) bond motifs is 1. The summed E-state index contributed by atoms with van der Waals surface area (Å²) >= 11 is 7.59. The van der Waals surface area contributed by atoms with Crippen LogP contribution in [0.5, 0.6) is 0 Å². The normalized spacial score (nSPS) is 11.4. The molecule has 0 aromatic carbocycles. The molecule has 0 aliphatic heterocycles. The highest BCUT2D eigenvalue weighted by molar-refractivity contribution is 7.15. The molecule has 0 saturated heterocycles. The SMILES string of the molecule is CN(Cc1cccnc1)C(=O)C=Cc1c(Cl)nc2sccn12. The van der Waals surface area contributed by atoms with Crippen LogP contribution in [0.4, 0.5) is 0 Å². The van der Waals surface area contributed by atoms with Crippen LogP contribution in [0.3, 0.4) is 0 Å². The van der Waals surface area contributed by atoms with E-state index in [4.69, 9.17) is 11.6 Å². The number of rotatable bonds is 4. The maximum Gasteiger partial charge on any atom is 0.246 e. The van der Waals surface area contributed by atoms with Gasteiger partial charge in [0.15, 0.2) is 10.1 Å². The van der Waals surface area contributed by atoms with Crippen molar-refractivity contribution in [2.24, 2.45) is 0 Å². The Balaban J connectivity index is 1.73. The van der Waals surface area contributed by atoms with Gasteiger partial charge in [0.25, 0.3) is 0 Å². The molecule has 0 fully saturated rings. The number of pyridine rings is 1. The number of halogens is 1. The summed E-state index contributed by atoms with van der Waals surface area (Å²) in [6, 6.07) is 3.78. The van der Waals surface area contributed by atoms with Gasteiger partial charge in [0, 0.05) is 43.6 Å². The molecular weight excluding hydrogens is 320 g/mol. The lowest BCUT2D eigenvalue weighted by molar-refractivity contribution is -0.125. The van der Waals surface area contributed by atoms with E-state index < -0.39 is 0 Å². The molecule has 0 aliphatic carbocycles. The number of aromatic nitrogens is 3. The number of thiazole rings is 1. The predicted molar refractivity (Wildman–Crippen MR) is 87.8 cm³/mol. The van der Waals surface area contributed by atoms with Crippen LogP contribution in [0, 0.1) is 0 Å². The minimum Gasteiger partial charge on any atom is -0.338 e. The molecule has 0 aliphatic rings. The van der Waals surface area contributed by atoms with Gasteiger partial charge in [-0.2, -0.15) is 0 Å². The lowest BCUT2D eigenvalue weighted by Crippen LogP contribution is -2.24. The van der Waals surface area contributed by atoms with Crippen LogP contribution < -0.4 is 0 Å². The molecule has 0 atom stereocenters. The molecule has 5 nitrogen and oxygen atoms in total. The van der Waals surface area contributed by atoms with Gasteiger partial charge in [-0.05, 0) is 17.7 Å². The van der Waals surface area contributed by atoms with Gasteiger partial charge >= 0.3 is 0 Å². The molecule has 0 saturated carbocycles. The first-order chi connectivity index (χ1) is 10.6. The minimum absolute atomic E-state index is 0.106.